The molecule has 1 saturated heterocycles. The first-order valence-electron chi connectivity index (χ1n) is 24.5. The van der Waals surface area contributed by atoms with Crippen molar-refractivity contribution >= 4 is 93.6 Å². The molecule has 3 aliphatic heterocycles. The van der Waals surface area contributed by atoms with E-state index in [1.165, 1.54) is 18.5 Å². The van der Waals surface area contributed by atoms with E-state index in [2.05, 4.69) is 82.5 Å². The molecule has 7 heterocycles. The minimum absolute atomic E-state index is 0.0856. The Kier molecular flexibility index (Phi) is 17.5. The second kappa shape index (κ2) is 24.7. The van der Waals surface area contributed by atoms with E-state index in [0.29, 0.717) is 44.9 Å². The van der Waals surface area contributed by atoms with Gasteiger partial charge in [0.05, 0.1) is 33.4 Å². The van der Waals surface area contributed by atoms with Crippen LogP contribution in [0, 0.1) is 23.3 Å². The highest BCUT2D eigenvalue weighted by atomic mass is 79.9. The van der Waals surface area contributed by atoms with Crippen LogP contribution in [0.15, 0.2) is 143 Å². The summed E-state index contributed by atoms with van der Waals surface area (Å²) in [5.41, 5.74) is 0.982. The third kappa shape index (κ3) is 12.8. The number of benzene rings is 4. The van der Waals surface area contributed by atoms with Crippen LogP contribution in [0.2, 0.25) is 0 Å². The number of nitrogens with one attached hydrogen (secondary N) is 3. The summed E-state index contributed by atoms with van der Waals surface area (Å²) in [5, 5.41) is 58.3. The number of hydrogen-bond acceptors (Lipinski definition) is 21. The van der Waals surface area contributed by atoms with E-state index < -0.39 is 103 Å². The van der Waals surface area contributed by atoms with Crippen LogP contribution in [0.4, 0.5) is 28.9 Å². The second-order valence-corrected chi connectivity index (χ2v) is 22.7. The van der Waals surface area contributed by atoms with E-state index in [1.807, 2.05) is 33.7 Å². The second-order valence-electron chi connectivity index (χ2n) is 17.8. The van der Waals surface area contributed by atoms with Crippen LogP contribution in [0.25, 0.3) is 33.2 Å². The van der Waals surface area contributed by atoms with Crippen LogP contribution < -0.4 is 14.9 Å². The Balaban J connectivity index is 0.000000161. The first kappa shape index (κ1) is 58.2. The van der Waals surface area contributed by atoms with E-state index in [0.717, 1.165) is 53.8 Å². The molecule has 0 radical (unpaired) electrons. The molecule has 0 bridgehead atoms. The van der Waals surface area contributed by atoms with E-state index in [-0.39, 0.29) is 29.0 Å². The van der Waals surface area contributed by atoms with Gasteiger partial charge in [-0.3, -0.25) is 24.1 Å². The maximum absolute atomic E-state index is 15.1. The molecule has 0 aliphatic carbocycles. The molecule has 4 aromatic heterocycles. The monoisotopic (exact) mass is 1230 g/mol. The van der Waals surface area contributed by atoms with Crippen molar-refractivity contribution in [3.05, 3.63) is 159 Å². The lowest BCUT2D eigenvalue weighted by Crippen LogP contribution is -2.29. The largest absolute Gasteiger partial charge is 0.488 e. The van der Waals surface area contributed by atoms with Crippen LogP contribution in [0.5, 0.6) is 0 Å². The molecule has 3 aliphatic rings. The highest BCUT2D eigenvalue weighted by Gasteiger charge is 2.30. The van der Waals surface area contributed by atoms with E-state index >= 15 is 8.78 Å². The van der Waals surface area contributed by atoms with E-state index in [9.17, 15) is 35.2 Å². The highest BCUT2D eigenvalue weighted by molar-refractivity contribution is 9.10. The molecular weight excluding hydrogens is 1190 g/mol. The minimum Gasteiger partial charge on any atom is -0.423 e. The Labute approximate surface area is 470 Å². The predicted octanol–water partition coefficient (Wildman–Crippen LogP) is 9.09. The van der Waals surface area contributed by atoms with Gasteiger partial charge in [-0.05, 0) is 117 Å². The Bertz CT molecular complexity index is 4090. The number of fused-ring (bicyclic) bond motifs is 2. The van der Waals surface area contributed by atoms with Crippen LogP contribution in [-0.4, -0.2) is 93.6 Å². The number of H-pyrrole nitrogens is 1. The number of ether oxygens (including phenoxy) is 1. The maximum atomic E-state index is 15.1. The van der Waals surface area contributed by atoms with Gasteiger partial charge in [0, 0.05) is 40.2 Å². The lowest BCUT2D eigenvalue weighted by atomic mass is 9.80. The first-order valence-corrected chi connectivity index (χ1v) is 28.6. The molecule has 5 N–H and O–H groups in total. The zero-order valence-corrected chi connectivity index (χ0v) is 45.8. The number of aromatic amines is 1. The van der Waals surface area contributed by atoms with E-state index in [1.54, 1.807) is 48.8 Å². The number of anilines is 2. The van der Waals surface area contributed by atoms with Crippen LogP contribution in [0.1, 0.15) is 94.9 Å². The number of pyridine rings is 2. The van der Waals surface area contributed by atoms with Gasteiger partial charge >= 0.3 is 7.12 Å². The predicted molar refractivity (Wildman–Crippen MR) is 290 cm³/mol. The van der Waals surface area contributed by atoms with Crippen molar-refractivity contribution in [1.29, 1.82) is 0 Å². The molecular formula is C49H42BBrF4N16O9S2. The van der Waals surface area contributed by atoms with Gasteiger partial charge in [0.2, 0.25) is 43.9 Å². The molecule has 1 atom stereocenters. The normalized spacial score (nSPS) is 15.1. The number of hydrogen-bond donors (Lipinski definition) is 5. The molecule has 0 amide bonds. The Morgan fingerprint density at radius 3 is 1.78 bits per heavy atom. The number of ketones is 2. The van der Waals surface area contributed by atoms with Gasteiger partial charge in [-0.25, -0.2) is 49.0 Å². The molecule has 422 valence electrons. The zero-order valence-electron chi connectivity index (χ0n) is 42.6. The summed E-state index contributed by atoms with van der Waals surface area (Å²) in [6.45, 7) is 3.18. The van der Waals surface area contributed by atoms with Crippen molar-refractivity contribution in [3.63, 3.8) is 0 Å². The van der Waals surface area contributed by atoms with Gasteiger partial charge in [0.1, 0.15) is 34.4 Å². The molecule has 11 rings (SSSR count). The highest BCUT2D eigenvalue weighted by Crippen LogP contribution is 2.34. The van der Waals surface area contributed by atoms with E-state index in [4.69, 9.17) is 14.8 Å². The lowest BCUT2D eigenvalue weighted by Gasteiger charge is -2.22. The maximum Gasteiger partial charge on any atom is 0.488 e. The summed E-state index contributed by atoms with van der Waals surface area (Å²) in [7, 11) is -9.40. The van der Waals surface area contributed by atoms with Gasteiger partial charge in [-0.15, -0.1) is 20.5 Å². The quantitative estimate of drug-likeness (QED) is 0.0363. The fourth-order valence-corrected chi connectivity index (χ4v) is 9.78. The number of carbonyl (C=O) groups excluding carboxylic acids is 2. The summed E-state index contributed by atoms with van der Waals surface area (Å²) in [6.07, 6.45) is 4.32. The molecule has 82 heavy (non-hydrogen) atoms. The number of carbonyl (C=O) groups is 2. The Morgan fingerprint density at radius 1 is 0.707 bits per heavy atom. The zero-order chi connectivity index (χ0) is 58.5. The fourth-order valence-electron chi connectivity index (χ4n) is 8.16. The lowest BCUT2D eigenvalue weighted by molar-refractivity contribution is -0.0371. The first-order chi connectivity index (χ1) is 39.3. The molecule has 1 fully saturated rings. The van der Waals surface area contributed by atoms with Crippen molar-refractivity contribution in [2.24, 2.45) is 41.4 Å². The average Bonchev–Trinajstić information content (AvgIpc) is 4.02. The average molecular weight is 1230 g/mol. The summed E-state index contributed by atoms with van der Waals surface area (Å²) >= 11 is 3.31. The molecule has 1 unspecified atom stereocenters. The molecule has 33 heteroatoms. The molecule has 25 nitrogen and oxygen atoms in total. The van der Waals surface area contributed by atoms with Crippen LogP contribution >= 0.6 is 15.9 Å². The third-order valence-corrected chi connectivity index (χ3v) is 15.5. The van der Waals surface area contributed by atoms with Gasteiger partial charge in [-0.1, -0.05) is 48.5 Å². The Hall–Kier alpha value is -8.50. The summed E-state index contributed by atoms with van der Waals surface area (Å²) in [6, 6.07) is 20.7. The van der Waals surface area contributed by atoms with Gasteiger partial charge in [0.15, 0.2) is 29.2 Å². The topological polar surface area (TPSA) is 347 Å². The standard InChI is InChI=1S/C22H16F2N8O3S.C20H19BrF2N4O4S.C7H7BN4O2/c1-2-36(34,35)30-19-16(23)8-7-14(17(19)24)20(33)18-15-9-13(10-25-22(15)27-26-18)11-3-5-12(6-4-11)21-28-31-32-29-21;1-2-32(29,30)26-18-14(22)7-6-12(16(18)23)19(28)17-13-9-11(21)10-24-20(13)27(25-17)15-5-3-4-8-31-15;13-8(14)6-3-1-5(2-4-6)7-9-11-12-10-7/h3-10,21,30H,2H2,1H3,(H,25,26,27);6-7,9-10,15,26H,2-5,8H2,1H3;1-4,7,13-14H. The van der Waals surface area contributed by atoms with Crippen molar-refractivity contribution in [3.8, 4) is 11.1 Å². The van der Waals surface area contributed by atoms with Crippen molar-refractivity contribution in [2.75, 3.05) is 27.6 Å². The number of aromatic nitrogens is 6. The number of rotatable bonds is 15. The van der Waals surface area contributed by atoms with Gasteiger partial charge < -0.3 is 14.8 Å². The summed E-state index contributed by atoms with van der Waals surface area (Å²) in [5.74, 6) is -7.40. The van der Waals surface area contributed by atoms with Gasteiger partial charge in [-0.2, -0.15) is 10.2 Å². The Morgan fingerprint density at radius 2 is 1.26 bits per heavy atom. The van der Waals surface area contributed by atoms with Crippen LogP contribution in [0.3, 0.4) is 0 Å². The molecule has 0 spiro atoms. The number of nitrogens with zero attached hydrogens (tertiary/aromatic N) is 13. The smallest absolute Gasteiger partial charge is 0.423 e. The van der Waals surface area contributed by atoms with Gasteiger partial charge in [0.25, 0.3) is 0 Å². The van der Waals surface area contributed by atoms with Crippen molar-refractivity contribution < 1.29 is 58.8 Å². The minimum atomic E-state index is -3.99. The molecule has 4 aromatic carbocycles. The number of halogens is 5. The van der Waals surface area contributed by atoms with Crippen LogP contribution in [-0.2, 0) is 24.8 Å². The summed E-state index contributed by atoms with van der Waals surface area (Å²) < 4.78 is 118. The third-order valence-electron chi connectivity index (χ3n) is 12.5. The molecule has 8 aromatic rings. The number of sulfonamides is 2. The molecule has 0 saturated carbocycles. The SMILES string of the molecule is CCS(=O)(=O)Nc1c(F)ccc(C(=O)c2[nH]nc3ncc(-c4ccc(C5N=NN=N5)cc4)cc23)c1F.CCS(=O)(=O)Nc1c(F)ccc(C(=O)c2nn(C3CCCCO3)c3ncc(Br)cc23)c1F.OB(O)c1ccc(C2N=NN=N2)cc1. The van der Waals surface area contributed by atoms with Crippen molar-refractivity contribution in [2.45, 2.75) is 51.7 Å². The fraction of sp³-hybridized carbons (Fsp3) is 0.224. The van der Waals surface area contributed by atoms with Crippen molar-refractivity contribution in [1.82, 2.24) is 29.9 Å². The summed E-state index contributed by atoms with van der Waals surface area (Å²) in [4.78, 5) is 35.1.